The van der Waals surface area contributed by atoms with Crippen molar-refractivity contribution < 1.29 is 13.2 Å². The molecule has 1 N–H and O–H groups in total. The zero-order valence-electron chi connectivity index (χ0n) is 8.88. The van der Waals surface area contributed by atoms with Gasteiger partial charge in [-0.3, -0.25) is 0 Å². The molecular weight excluding hydrogens is 240 g/mol. The molecule has 6 heteroatoms. The van der Waals surface area contributed by atoms with Crippen molar-refractivity contribution in [3.63, 3.8) is 0 Å². The first-order valence-electron chi connectivity index (χ1n) is 5.25. The van der Waals surface area contributed by atoms with E-state index in [1.165, 1.54) is 0 Å². The second-order valence-electron chi connectivity index (χ2n) is 4.31. The number of ether oxygens (including phenoxy) is 1. The molecule has 2 atom stereocenters. The fourth-order valence-electron chi connectivity index (χ4n) is 2.24. The largest absolute Gasteiger partial charge is 0.485 e. The van der Waals surface area contributed by atoms with Gasteiger partial charge in [0.05, 0.1) is 34.9 Å². The molecule has 3 rings (SSSR count). The van der Waals surface area contributed by atoms with Crippen molar-refractivity contribution in [3.8, 4) is 11.8 Å². The van der Waals surface area contributed by atoms with Gasteiger partial charge in [-0.1, -0.05) is 0 Å². The number of rotatable bonds is 0. The van der Waals surface area contributed by atoms with Gasteiger partial charge in [0.2, 0.25) is 0 Å². The molecule has 1 aromatic rings. The summed E-state index contributed by atoms with van der Waals surface area (Å²) in [5.74, 6) is 0.709. The molecule has 2 aliphatic heterocycles. The first-order chi connectivity index (χ1) is 8.07. The Hall–Kier alpha value is -1.74. The maximum Gasteiger partial charge on any atom is 0.156 e. The first-order valence-corrected chi connectivity index (χ1v) is 7.07. The summed E-state index contributed by atoms with van der Waals surface area (Å²) < 4.78 is 28.6. The molecule has 0 bridgehead atoms. The molecule has 0 aliphatic carbocycles. The van der Waals surface area contributed by atoms with E-state index in [0.717, 1.165) is 5.69 Å². The summed E-state index contributed by atoms with van der Waals surface area (Å²) in [5, 5.41) is 11.9. The fourth-order valence-corrected chi connectivity index (χ4v) is 4.02. The molecule has 2 aliphatic rings. The summed E-state index contributed by atoms with van der Waals surface area (Å²) in [5.41, 5.74) is 1.26. The number of anilines is 1. The van der Waals surface area contributed by atoms with Crippen LogP contribution in [0.3, 0.4) is 0 Å². The Bertz CT molecular complexity index is 618. The molecular formula is C11H10N2O3S. The van der Waals surface area contributed by atoms with E-state index in [1.807, 2.05) is 6.07 Å². The average molecular weight is 250 g/mol. The monoisotopic (exact) mass is 250 g/mol. The van der Waals surface area contributed by atoms with Crippen LogP contribution >= 0.6 is 0 Å². The fraction of sp³-hybridized carbons (Fsp3) is 0.364. The number of benzene rings is 1. The van der Waals surface area contributed by atoms with Gasteiger partial charge in [-0.2, -0.15) is 5.26 Å². The van der Waals surface area contributed by atoms with Crippen LogP contribution in [0.4, 0.5) is 5.69 Å². The smallest absolute Gasteiger partial charge is 0.156 e. The molecule has 0 amide bonds. The number of nitrogens with one attached hydrogen (secondary N) is 1. The number of sulfone groups is 1. The average Bonchev–Trinajstić information content (AvgIpc) is 2.57. The van der Waals surface area contributed by atoms with Crippen LogP contribution in [0.15, 0.2) is 18.2 Å². The van der Waals surface area contributed by atoms with E-state index in [9.17, 15) is 8.42 Å². The minimum atomic E-state index is -3.01. The molecule has 0 spiro atoms. The van der Waals surface area contributed by atoms with Gasteiger partial charge in [0.1, 0.15) is 11.9 Å². The standard InChI is InChI=1S/C11H10N2O3S/c12-4-7-1-2-8-10(3-7)16-11-6-17(14,15)5-9(11)13-8/h1-3,9,11,13H,5-6H2. The lowest BCUT2D eigenvalue weighted by Gasteiger charge is -2.29. The van der Waals surface area contributed by atoms with Gasteiger partial charge in [-0.15, -0.1) is 0 Å². The van der Waals surface area contributed by atoms with Crippen LogP contribution in [0.2, 0.25) is 0 Å². The third kappa shape index (κ3) is 1.72. The molecule has 2 unspecified atom stereocenters. The van der Waals surface area contributed by atoms with E-state index in [1.54, 1.807) is 18.2 Å². The molecule has 17 heavy (non-hydrogen) atoms. The zero-order valence-corrected chi connectivity index (χ0v) is 9.70. The molecule has 0 radical (unpaired) electrons. The van der Waals surface area contributed by atoms with Crippen LogP contribution in [0.1, 0.15) is 5.56 Å². The zero-order chi connectivity index (χ0) is 12.0. The normalized spacial score (nSPS) is 28.2. The lowest BCUT2D eigenvalue weighted by atomic mass is 10.1. The van der Waals surface area contributed by atoms with Crippen molar-refractivity contribution in [2.75, 3.05) is 16.8 Å². The topological polar surface area (TPSA) is 79.2 Å². The minimum Gasteiger partial charge on any atom is -0.485 e. The molecule has 1 saturated heterocycles. The van der Waals surface area contributed by atoms with Crippen LogP contribution in [0, 0.1) is 11.3 Å². The molecule has 1 aromatic carbocycles. The summed E-state index contributed by atoms with van der Waals surface area (Å²) in [6, 6.07) is 6.90. The third-order valence-corrected chi connectivity index (χ3v) is 4.73. The molecule has 5 nitrogen and oxygen atoms in total. The molecule has 0 saturated carbocycles. The Morgan fingerprint density at radius 2 is 2.24 bits per heavy atom. The Balaban J connectivity index is 1.97. The highest BCUT2D eigenvalue weighted by Crippen LogP contribution is 2.35. The van der Waals surface area contributed by atoms with E-state index in [4.69, 9.17) is 10.00 Å². The second kappa shape index (κ2) is 3.37. The van der Waals surface area contributed by atoms with Crippen LogP contribution in [-0.2, 0) is 9.84 Å². The highest BCUT2D eigenvalue weighted by Gasteiger charge is 2.42. The van der Waals surface area contributed by atoms with Crippen molar-refractivity contribution in [1.82, 2.24) is 0 Å². The summed E-state index contributed by atoms with van der Waals surface area (Å²) >= 11 is 0. The van der Waals surface area contributed by atoms with Crippen molar-refractivity contribution in [1.29, 1.82) is 5.26 Å². The third-order valence-electron chi connectivity index (χ3n) is 3.03. The van der Waals surface area contributed by atoms with E-state index in [-0.39, 0.29) is 23.7 Å². The van der Waals surface area contributed by atoms with Crippen molar-refractivity contribution >= 4 is 15.5 Å². The Kier molecular flexibility index (Phi) is 2.07. The van der Waals surface area contributed by atoms with Gasteiger partial charge >= 0.3 is 0 Å². The van der Waals surface area contributed by atoms with Gasteiger partial charge in [-0.25, -0.2) is 8.42 Å². The molecule has 2 heterocycles. The number of nitriles is 1. The quantitative estimate of drug-likeness (QED) is 0.726. The van der Waals surface area contributed by atoms with Crippen LogP contribution < -0.4 is 10.1 Å². The van der Waals surface area contributed by atoms with Crippen LogP contribution in [-0.4, -0.2) is 32.1 Å². The second-order valence-corrected chi connectivity index (χ2v) is 6.46. The van der Waals surface area contributed by atoms with E-state index in [2.05, 4.69) is 5.32 Å². The highest BCUT2D eigenvalue weighted by molar-refractivity contribution is 7.91. The predicted molar refractivity (Wildman–Crippen MR) is 61.6 cm³/mol. The first kappa shape index (κ1) is 10.4. The lowest BCUT2D eigenvalue weighted by molar-refractivity contribution is 0.206. The van der Waals surface area contributed by atoms with Gasteiger partial charge < -0.3 is 10.1 Å². The Morgan fingerprint density at radius 3 is 3.00 bits per heavy atom. The Morgan fingerprint density at radius 1 is 1.41 bits per heavy atom. The van der Waals surface area contributed by atoms with Crippen molar-refractivity contribution in [2.24, 2.45) is 0 Å². The predicted octanol–water partition coefficient (Wildman–Crippen LogP) is 0.528. The van der Waals surface area contributed by atoms with Crippen molar-refractivity contribution in [2.45, 2.75) is 12.1 Å². The number of nitrogens with zero attached hydrogens (tertiary/aromatic N) is 1. The van der Waals surface area contributed by atoms with E-state index < -0.39 is 9.84 Å². The maximum atomic E-state index is 11.5. The minimum absolute atomic E-state index is 0.0425. The maximum absolute atomic E-state index is 11.5. The summed E-state index contributed by atoms with van der Waals surface area (Å²) in [4.78, 5) is 0. The van der Waals surface area contributed by atoms with Gasteiger partial charge in [-0.05, 0) is 12.1 Å². The van der Waals surface area contributed by atoms with Crippen molar-refractivity contribution in [3.05, 3.63) is 23.8 Å². The molecule has 0 aromatic heterocycles. The number of fused-ring (bicyclic) bond motifs is 2. The van der Waals surface area contributed by atoms with E-state index >= 15 is 0 Å². The summed E-state index contributed by atoms with van der Waals surface area (Å²) in [7, 11) is -3.01. The van der Waals surface area contributed by atoms with E-state index in [0.29, 0.717) is 11.3 Å². The lowest BCUT2D eigenvalue weighted by Crippen LogP contribution is -2.40. The molecule has 1 fully saturated rings. The number of hydrogen-bond acceptors (Lipinski definition) is 5. The summed E-state index contributed by atoms with van der Waals surface area (Å²) in [6.45, 7) is 0. The van der Waals surface area contributed by atoms with Gasteiger partial charge in [0.25, 0.3) is 0 Å². The Labute approximate surface area is 98.9 Å². The SMILES string of the molecule is N#Cc1ccc2c(c1)OC1CS(=O)(=O)CC1N2. The van der Waals surface area contributed by atoms with Crippen LogP contribution in [0.5, 0.6) is 5.75 Å². The summed E-state index contributed by atoms with van der Waals surface area (Å²) in [6.07, 6.45) is -0.346. The van der Waals surface area contributed by atoms with Gasteiger partial charge in [0.15, 0.2) is 9.84 Å². The van der Waals surface area contributed by atoms with Crippen LogP contribution in [0.25, 0.3) is 0 Å². The molecule has 88 valence electrons. The van der Waals surface area contributed by atoms with Gasteiger partial charge in [0, 0.05) is 6.07 Å². The highest BCUT2D eigenvalue weighted by atomic mass is 32.2. The number of hydrogen-bond donors (Lipinski definition) is 1.